The maximum Gasteiger partial charge on any atom is 0.422 e. The number of furan rings is 1. The molecule has 0 unspecified atom stereocenters. The number of aliphatic imine (C=N–C) groups is 1. The van der Waals surface area contributed by atoms with E-state index >= 15 is 0 Å². The molecule has 0 spiro atoms. The van der Waals surface area contributed by atoms with E-state index in [1.807, 2.05) is 18.2 Å². The number of nitrogens with one attached hydrogen (secondary N) is 2. The van der Waals surface area contributed by atoms with Crippen LogP contribution in [0.2, 0.25) is 0 Å². The fourth-order valence-electron chi connectivity index (χ4n) is 2.46. The highest BCUT2D eigenvalue weighted by Gasteiger charge is 2.28. The van der Waals surface area contributed by atoms with Gasteiger partial charge >= 0.3 is 6.18 Å². The fraction of sp³-hybridized carbons (Fsp3) is 0.450. The first-order chi connectivity index (χ1) is 13.9. The topological polar surface area (TPSA) is 68.0 Å². The van der Waals surface area contributed by atoms with Gasteiger partial charge in [-0.1, -0.05) is 12.1 Å². The average Bonchev–Trinajstić information content (AvgIpc) is 3.18. The second-order valence-electron chi connectivity index (χ2n) is 6.36. The van der Waals surface area contributed by atoms with Crippen LogP contribution in [0.3, 0.4) is 0 Å². The van der Waals surface area contributed by atoms with Gasteiger partial charge in [0.2, 0.25) is 0 Å². The fourth-order valence-corrected chi connectivity index (χ4v) is 2.46. The second kappa shape index (κ2) is 11.4. The smallest absolute Gasteiger partial charge is 0.422 e. The summed E-state index contributed by atoms with van der Waals surface area (Å²) in [5.74, 6) is 1.55. The van der Waals surface area contributed by atoms with E-state index < -0.39 is 12.8 Å². The van der Waals surface area contributed by atoms with Crippen molar-refractivity contribution in [3.63, 3.8) is 0 Å². The highest BCUT2D eigenvalue weighted by molar-refractivity contribution is 5.79. The van der Waals surface area contributed by atoms with Crippen LogP contribution in [0.4, 0.5) is 13.2 Å². The van der Waals surface area contributed by atoms with Crippen LogP contribution in [0.15, 0.2) is 46.0 Å². The summed E-state index contributed by atoms with van der Waals surface area (Å²) in [5, 5.41) is 6.30. The van der Waals surface area contributed by atoms with E-state index in [1.165, 1.54) is 0 Å². The third kappa shape index (κ3) is 8.91. The highest BCUT2D eigenvalue weighted by atomic mass is 19.4. The molecule has 0 aliphatic heterocycles. The lowest BCUT2D eigenvalue weighted by molar-refractivity contribution is -0.153. The summed E-state index contributed by atoms with van der Waals surface area (Å²) in [4.78, 5) is 4.47. The molecule has 2 N–H and O–H groups in total. The van der Waals surface area contributed by atoms with Gasteiger partial charge < -0.3 is 24.5 Å². The zero-order valence-electron chi connectivity index (χ0n) is 16.5. The number of nitrogens with zero attached hydrogens (tertiary/aromatic N) is 1. The minimum Gasteiger partial charge on any atom is -0.484 e. The third-order valence-corrected chi connectivity index (χ3v) is 3.86. The summed E-state index contributed by atoms with van der Waals surface area (Å²) in [5.41, 5.74) is 1.38. The van der Waals surface area contributed by atoms with Crippen molar-refractivity contribution >= 4 is 5.96 Å². The summed E-state index contributed by atoms with van der Waals surface area (Å²) < 4.78 is 52.9. The SMILES string of the molecule is COCCNC(=NCc1ccc(C)cc1OCC(F)(F)F)NCCc1ccco1. The Hall–Kier alpha value is -2.68. The monoisotopic (exact) mass is 413 g/mol. The molecular formula is C20H26F3N3O3. The van der Waals surface area contributed by atoms with Crippen molar-refractivity contribution in [2.24, 2.45) is 4.99 Å². The molecule has 1 aromatic carbocycles. The number of rotatable bonds is 10. The molecular weight excluding hydrogens is 387 g/mol. The normalized spacial score (nSPS) is 12.1. The molecule has 0 saturated heterocycles. The maximum atomic E-state index is 12.5. The molecule has 0 amide bonds. The van der Waals surface area contributed by atoms with Gasteiger partial charge in [0.1, 0.15) is 11.5 Å². The Morgan fingerprint density at radius 3 is 2.66 bits per heavy atom. The van der Waals surface area contributed by atoms with Crippen LogP contribution < -0.4 is 15.4 Å². The summed E-state index contributed by atoms with van der Waals surface area (Å²) in [6, 6.07) is 8.82. The minimum atomic E-state index is -4.40. The molecule has 6 nitrogen and oxygen atoms in total. The van der Waals surface area contributed by atoms with Crippen LogP contribution in [0, 0.1) is 6.92 Å². The zero-order valence-corrected chi connectivity index (χ0v) is 16.5. The summed E-state index contributed by atoms with van der Waals surface area (Å²) in [6.07, 6.45) is -2.12. The van der Waals surface area contributed by atoms with E-state index in [9.17, 15) is 13.2 Å². The van der Waals surface area contributed by atoms with E-state index in [0.29, 0.717) is 37.6 Å². The van der Waals surface area contributed by atoms with Gasteiger partial charge in [-0.25, -0.2) is 4.99 Å². The predicted molar refractivity (Wildman–Crippen MR) is 104 cm³/mol. The quantitative estimate of drug-likeness (QED) is 0.355. The Kier molecular flexibility index (Phi) is 8.85. The number of guanidine groups is 1. The lowest BCUT2D eigenvalue weighted by Crippen LogP contribution is -2.40. The highest BCUT2D eigenvalue weighted by Crippen LogP contribution is 2.24. The molecule has 0 aliphatic carbocycles. The van der Waals surface area contributed by atoms with E-state index in [-0.39, 0.29) is 12.3 Å². The van der Waals surface area contributed by atoms with Crippen LogP contribution in [-0.4, -0.2) is 45.5 Å². The summed E-state index contributed by atoms with van der Waals surface area (Å²) in [7, 11) is 1.60. The molecule has 160 valence electrons. The zero-order chi connectivity index (χ0) is 21.1. The number of methoxy groups -OCH3 is 1. The maximum absolute atomic E-state index is 12.5. The molecule has 29 heavy (non-hydrogen) atoms. The van der Waals surface area contributed by atoms with Crippen molar-refractivity contribution in [2.45, 2.75) is 26.1 Å². The van der Waals surface area contributed by atoms with Gasteiger partial charge in [0, 0.05) is 32.2 Å². The van der Waals surface area contributed by atoms with Gasteiger partial charge in [0.25, 0.3) is 0 Å². The van der Waals surface area contributed by atoms with Crippen LogP contribution >= 0.6 is 0 Å². The molecule has 0 aliphatic rings. The Balaban J connectivity index is 2.03. The van der Waals surface area contributed by atoms with Crippen LogP contribution in [0.1, 0.15) is 16.9 Å². The van der Waals surface area contributed by atoms with Crippen molar-refractivity contribution in [1.82, 2.24) is 10.6 Å². The van der Waals surface area contributed by atoms with Crippen LogP contribution in [0.5, 0.6) is 5.75 Å². The standard InChI is InChI=1S/C20H26F3N3O3/c1-15-5-6-16(18(12-15)29-14-20(21,22)23)13-26-19(25-9-11-27-2)24-8-7-17-4-3-10-28-17/h3-6,10,12H,7-9,11,13-14H2,1-2H3,(H2,24,25,26). The van der Waals surface area contributed by atoms with E-state index in [2.05, 4.69) is 15.6 Å². The summed E-state index contributed by atoms with van der Waals surface area (Å²) in [6.45, 7) is 2.22. The van der Waals surface area contributed by atoms with Crippen LogP contribution in [-0.2, 0) is 17.7 Å². The molecule has 1 heterocycles. The average molecular weight is 413 g/mol. The predicted octanol–water partition coefficient (Wildman–Crippen LogP) is 3.45. The van der Waals surface area contributed by atoms with Gasteiger partial charge in [-0.15, -0.1) is 0 Å². The van der Waals surface area contributed by atoms with Gasteiger partial charge in [-0.05, 0) is 30.7 Å². The lowest BCUT2D eigenvalue weighted by atomic mass is 10.1. The number of ether oxygens (including phenoxy) is 2. The number of hydrogen-bond donors (Lipinski definition) is 2. The largest absolute Gasteiger partial charge is 0.484 e. The minimum absolute atomic E-state index is 0.163. The number of alkyl halides is 3. The Morgan fingerprint density at radius 1 is 1.17 bits per heavy atom. The molecule has 0 fully saturated rings. The van der Waals surface area contributed by atoms with Gasteiger partial charge in [-0.3, -0.25) is 0 Å². The Labute approximate surface area is 168 Å². The van der Waals surface area contributed by atoms with E-state index in [4.69, 9.17) is 13.9 Å². The van der Waals surface area contributed by atoms with Crippen molar-refractivity contribution in [3.05, 3.63) is 53.5 Å². The lowest BCUT2D eigenvalue weighted by Gasteiger charge is -2.15. The number of halogens is 3. The first-order valence-electron chi connectivity index (χ1n) is 9.20. The molecule has 0 bridgehead atoms. The van der Waals surface area contributed by atoms with E-state index in [0.717, 1.165) is 11.3 Å². The van der Waals surface area contributed by atoms with Crippen molar-refractivity contribution in [1.29, 1.82) is 0 Å². The summed E-state index contributed by atoms with van der Waals surface area (Å²) >= 11 is 0. The number of aryl methyl sites for hydroxylation is 1. The number of hydrogen-bond acceptors (Lipinski definition) is 4. The molecule has 2 aromatic rings. The van der Waals surface area contributed by atoms with Gasteiger partial charge in [-0.2, -0.15) is 13.2 Å². The second-order valence-corrected chi connectivity index (χ2v) is 6.36. The third-order valence-electron chi connectivity index (χ3n) is 3.86. The van der Waals surface area contributed by atoms with Crippen LogP contribution in [0.25, 0.3) is 0 Å². The van der Waals surface area contributed by atoms with E-state index in [1.54, 1.807) is 32.4 Å². The Morgan fingerprint density at radius 2 is 1.97 bits per heavy atom. The Bertz CT molecular complexity index is 762. The first kappa shape index (κ1) is 22.6. The molecule has 0 radical (unpaired) electrons. The number of benzene rings is 1. The van der Waals surface area contributed by atoms with Gasteiger partial charge in [0.15, 0.2) is 12.6 Å². The van der Waals surface area contributed by atoms with Gasteiger partial charge in [0.05, 0.1) is 19.4 Å². The first-order valence-corrected chi connectivity index (χ1v) is 9.20. The van der Waals surface area contributed by atoms with Crippen molar-refractivity contribution < 1.29 is 27.1 Å². The molecule has 0 saturated carbocycles. The molecule has 2 rings (SSSR count). The van der Waals surface area contributed by atoms with Crippen molar-refractivity contribution in [2.75, 3.05) is 33.4 Å². The molecule has 1 aromatic heterocycles. The molecule has 9 heteroatoms. The van der Waals surface area contributed by atoms with Crippen molar-refractivity contribution in [3.8, 4) is 5.75 Å². The molecule has 0 atom stereocenters.